The largest absolute Gasteiger partial charge is 0.372 e. The first-order valence-electron chi connectivity index (χ1n) is 8.56. The van der Waals surface area contributed by atoms with Crippen LogP contribution in [0.5, 0.6) is 0 Å². The average molecular weight is 311 g/mol. The molecule has 6 heteroatoms. The number of fused-ring (bicyclic) bond motifs is 2. The predicted molar refractivity (Wildman–Crippen MR) is 86.8 cm³/mol. The van der Waals surface area contributed by atoms with E-state index in [1.54, 1.807) is 0 Å². The maximum atomic E-state index is 5.32. The van der Waals surface area contributed by atoms with Gasteiger partial charge in [-0.1, -0.05) is 11.2 Å². The van der Waals surface area contributed by atoms with Gasteiger partial charge in [-0.25, -0.2) is 0 Å². The van der Waals surface area contributed by atoms with E-state index in [0.717, 1.165) is 50.5 Å². The number of aromatic nitrogens is 2. The van der Waals surface area contributed by atoms with Crippen molar-refractivity contribution in [3.63, 3.8) is 0 Å². The Kier molecular flexibility index (Phi) is 3.04. The summed E-state index contributed by atoms with van der Waals surface area (Å²) in [7, 11) is 0. The van der Waals surface area contributed by atoms with E-state index < -0.39 is 0 Å². The van der Waals surface area contributed by atoms with E-state index in [-0.39, 0.29) is 0 Å². The summed E-state index contributed by atoms with van der Waals surface area (Å²) < 4.78 is 5.32. The quantitative estimate of drug-likeness (QED) is 0.891. The Morgan fingerprint density at radius 3 is 3.17 bits per heavy atom. The summed E-state index contributed by atoms with van der Waals surface area (Å²) in [6, 6.07) is 0.517. The third-order valence-corrected chi connectivity index (χ3v) is 5.11. The first-order chi connectivity index (χ1) is 11.4. The lowest BCUT2D eigenvalue weighted by atomic mass is 9.88. The molecule has 1 saturated heterocycles. The van der Waals surface area contributed by atoms with Crippen molar-refractivity contribution in [2.24, 2.45) is 0 Å². The molecule has 3 heterocycles. The van der Waals surface area contributed by atoms with E-state index in [0.29, 0.717) is 11.9 Å². The fourth-order valence-corrected chi connectivity index (χ4v) is 3.67. The van der Waals surface area contributed by atoms with Crippen molar-refractivity contribution < 1.29 is 4.52 Å². The summed E-state index contributed by atoms with van der Waals surface area (Å²) in [5.41, 5.74) is 5.51. The van der Waals surface area contributed by atoms with E-state index in [1.165, 1.54) is 29.7 Å². The van der Waals surface area contributed by atoms with Crippen LogP contribution in [-0.4, -0.2) is 41.2 Å². The zero-order valence-corrected chi connectivity index (χ0v) is 13.1. The number of nitrogens with one attached hydrogen (secondary N) is 2. The van der Waals surface area contributed by atoms with Crippen molar-refractivity contribution in [3.05, 3.63) is 40.5 Å². The van der Waals surface area contributed by atoms with Gasteiger partial charge in [0.1, 0.15) is 0 Å². The van der Waals surface area contributed by atoms with E-state index in [9.17, 15) is 0 Å². The summed E-state index contributed by atoms with van der Waals surface area (Å²) in [4.78, 5) is 6.98. The predicted octanol–water partition coefficient (Wildman–Crippen LogP) is 2.14. The molecule has 1 saturated carbocycles. The van der Waals surface area contributed by atoms with E-state index in [1.807, 2.05) is 0 Å². The normalized spacial score (nSPS) is 23.9. The number of rotatable bonds is 3. The van der Waals surface area contributed by atoms with Gasteiger partial charge in [-0.05, 0) is 42.9 Å². The third-order valence-electron chi connectivity index (χ3n) is 5.11. The SMILES string of the molecule is C1=C(Nc2nc(C3CC3)no2)C=C2CCN3CCNCC3=C2C1. The Morgan fingerprint density at radius 2 is 2.26 bits per heavy atom. The van der Waals surface area contributed by atoms with Gasteiger partial charge < -0.3 is 20.1 Å². The second-order valence-corrected chi connectivity index (χ2v) is 6.73. The van der Waals surface area contributed by atoms with Crippen LogP contribution in [0.25, 0.3) is 0 Å². The standard InChI is InChI=1S/C17H21N5O/c1-2-11(1)16-20-17(23-21-16)19-13-3-4-14-12(9-13)5-7-22-8-6-18-10-15(14)22/h3,9,11,18H,1-2,4-8,10H2,(H,19,20,21). The molecule has 4 aliphatic rings. The molecule has 2 N–H and O–H groups in total. The molecular formula is C17H21N5O. The third kappa shape index (κ3) is 2.47. The monoisotopic (exact) mass is 311 g/mol. The first kappa shape index (κ1) is 13.4. The zero-order valence-electron chi connectivity index (χ0n) is 13.1. The number of nitrogens with zero attached hydrogens (tertiary/aromatic N) is 3. The molecule has 2 fully saturated rings. The molecule has 0 spiro atoms. The molecule has 5 rings (SSSR count). The number of hydrogen-bond acceptors (Lipinski definition) is 6. The highest BCUT2D eigenvalue weighted by molar-refractivity contribution is 5.51. The van der Waals surface area contributed by atoms with Crippen LogP contribution in [0.2, 0.25) is 0 Å². The van der Waals surface area contributed by atoms with Gasteiger partial charge in [-0.3, -0.25) is 0 Å². The van der Waals surface area contributed by atoms with Crippen molar-refractivity contribution in [1.29, 1.82) is 0 Å². The molecule has 0 unspecified atom stereocenters. The fraction of sp³-hybridized carbons (Fsp3) is 0.529. The van der Waals surface area contributed by atoms with Gasteiger partial charge in [0, 0.05) is 43.5 Å². The summed E-state index contributed by atoms with van der Waals surface area (Å²) in [6.45, 7) is 4.36. The molecular weight excluding hydrogens is 290 g/mol. The number of hydrogen-bond donors (Lipinski definition) is 2. The molecule has 1 aromatic heterocycles. The van der Waals surface area contributed by atoms with Crippen LogP contribution in [0.4, 0.5) is 6.01 Å². The first-order valence-corrected chi connectivity index (χ1v) is 8.56. The lowest BCUT2D eigenvalue weighted by Crippen LogP contribution is -2.45. The molecule has 1 aromatic rings. The van der Waals surface area contributed by atoms with Crippen LogP contribution in [-0.2, 0) is 0 Å². The topological polar surface area (TPSA) is 66.2 Å². The Labute approximate surface area is 135 Å². The van der Waals surface area contributed by atoms with Gasteiger partial charge >= 0.3 is 6.01 Å². The fourth-order valence-electron chi connectivity index (χ4n) is 3.67. The lowest BCUT2D eigenvalue weighted by molar-refractivity contribution is 0.290. The molecule has 0 atom stereocenters. The summed E-state index contributed by atoms with van der Waals surface area (Å²) >= 11 is 0. The average Bonchev–Trinajstić information content (AvgIpc) is 3.34. The van der Waals surface area contributed by atoms with Gasteiger partial charge in [-0.15, -0.1) is 0 Å². The molecule has 0 aromatic carbocycles. The van der Waals surface area contributed by atoms with Crippen LogP contribution >= 0.6 is 0 Å². The Bertz CT molecular complexity index is 725. The van der Waals surface area contributed by atoms with Crippen LogP contribution < -0.4 is 10.6 Å². The van der Waals surface area contributed by atoms with Crippen molar-refractivity contribution >= 4 is 6.01 Å². The highest BCUT2D eigenvalue weighted by Crippen LogP contribution is 2.39. The molecule has 2 aliphatic heterocycles. The Morgan fingerprint density at radius 1 is 1.30 bits per heavy atom. The lowest BCUT2D eigenvalue weighted by Gasteiger charge is -2.39. The second kappa shape index (κ2) is 5.23. The van der Waals surface area contributed by atoms with Crippen LogP contribution in [0.3, 0.4) is 0 Å². The van der Waals surface area contributed by atoms with Crippen LogP contribution in [0.1, 0.15) is 37.4 Å². The highest BCUT2D eigenvalue weighted by atomic mass is 16.5. The van der Waals surface area contributed by atoms with E-state index in [4.69, 9.17) is 4.52 Å². The molecule has 2 aliphatic carbocycles. The van der Waals surface area contributed by atoms with Gasteiger partial charge in [0.05, 0.1) is 0 Å². The maximum Gasteiger partial charge on any atom is 0.325 e. The summed E-state index contributed by atoms with van der Waals surface area (Å²) in [5.74, 6) is 1.37. The molecule has 0 amide bonds. The van der Waals surface area contributed by atoms with Crippen molar-refractivity contribution in [2.45, 2.75) is 31.6 Å². The van der Waals surface area contributed by atoms with Gasteiger partial charge in [0.25, 0.3) is 0 Å². The second-order valence-electron chi connectivity index (χ2n) is 6.73. The highest BCUT2D eigenvalue weighted by Gasteiger charge is 2.29. The zero-order chi connectivity index (χ0) is 15.2. The van der Waals surface area contributed by atoms with Crippen molar-refractivity contribution in [3.8, 4) is 0 Å². The van der Waals surface area contributed by atoms with Crippen LogP contribution in [0, 0.1) is 0 Å². The summed E-state index contributed by atoms with van der Waals surface area (Å²) in [6.07, 6.45) is 8.95. The maximum absolute atomic E-state index is 5.32. The molecule has 23 heavy (non-hydrogen) atoms. The molecule has 0 radical (unpaired) electrons. The smallest absolute Gasteiger partial charge is 0.325 e. The van der Waals surface area contributed by atoms with Crippen LogP contribution in [0.15, 0.2) is 39.2 Å². The number of allylic oxidation sites excluding steroid dienone is 3. The minimum Gasteiger partial charge on any atom is -0.372 e. The van der Waals surface area contributed by atoms with Gasteiger partial charge in [0.2, 0.25) is 0 Å². The van der Waals surface area contributed by atoms with Crippen molar-refractivity contribution in [1.82, 2.24) is 20.4 Å². The minimum absolute atomic E-state index is 0.517. The van der Waals surface area contributed by atoms with Crippen molar-refractivity contribution in [2.75, 3.05) is 31.5 Å². The minimum atomic E-state index is 0.517. The summed E-state index contributed by atoms with van der Waals surface area (Å²) in [5, 5.41) is 10.8. The molecule has 120 valence electrons. The van der Waals surface area contributed by atoms with Gasteiger partial charge in [0.15, 0.2) is 5.82 Å². The van der Waals surface area contributed by atoms with E-state index >= 15 is 0 Å². The van der Waals surface area contributed by atoms with E-state index in [2.05, 4.69) is 37.8 Å². The Hall–Kier alpha value is -2.08. The number of piperazine rings is 1. The Balaban J connectivity index is 1.35. The molecule has 6 nitrogen and oxygen atoms in total. The van der Waals surface area contributed by atoms with Gasteiger partial charge in [-0.2, -0.15) is 4.98 Å². The molecule has 0 bridgehead atoms. The number of anilines is 1.